The van der Waals surface area contributed by atoms with E-state index in [4.69, 9.17) is 9.84 Å². The van der Waals surface area contributed by atoms with Crippen LogP contribution in [0.1, 0.15) is 69.4 Å². The maximum atomic E-state index is 12.6. The minimum Gasteiger partial charge on any atom is -0.481 e. The quantitative estimate of drug-likeness (QED) is 0.370. The second kappa shape index (κ2) is 12.9. The average molecular weight is 481 g/mol. The van der Waals surface area contributed by atoms with Gasteiger partial charge >= 0.3 is 12.1 Å². The number of alkyl carbamates (subject to hydrolysis) is 1. The number of rotatable bonds is 13. The summed E-state index contributed by atoms with van der Waals surface area (Å²) in [5.74, 6) is -0.726. The van der Waals surface area contributed by atoms with E-state index < -0.39 is 12.1 Å². The minimum atomic E-state index is -0.803. The summed E-state index contributed by atoms with van der Waals surface area (Å²) in [6.07, 6.45) is 2.62. The number of nitrogens with one attached hydrogen (secondary N) is 2. The summed E-state index contributed by atoms with van der Waals surface area (Å²) in [5, 5.41) is 14.5. The molecule has 0 saturated carbocycles. The number of hydrogen-bond acceptors (Lipinski definition) is 4. The van der Waals surface area contributed by atoms with Gasteiger partial charge in [-0.15, -0.1) is 0 Å². The molecule has 0 saturated heterocycles. The first-order chi connectivity index (χ1) is 16.9. The Labute approximate surface area is 207 Å². The fraction of sp³-hybridized carbons (Fsp3) is 0.464. The van der Waals surface area contributed by atoms with Gasteiger partial charge in [0.05, 0.1) is 0 Å². The predicted octanol–water partition coefficient (Wildman–Crippen LogP) is 5.09. The van der Waals surface area contributed by atoms with Crippen molar-refractivity contribution in [1.29, 1.82) is 0 Å². The lowest BCUT2D eigenvalue weighted by Crippen LogP contribution is -2.40. The third-order valence-corrected chi connectivity index (χ3v) is 6.54. The van der Waals surface area contributed by atoms with Crippen molar-refractivity contribution >= 4 is 18.0 Å². The average Bonchev–Trinajstić information content (AvgIpc) is 3.15. The number of aliphatic carboxylic acids is 1. The zero-order valence-electron chi connectivity index (χ0n) is 20.6. The molecule has 2 aromatic carbocycles. The molecule has 2 atom stereocenters. The zero-order valence-corrected chi connectivity index (χ0v) is 20.6. The first-order valence-electron chi connectivity index (χ1n) is 12.5. The lowest BCUT2D eigenvalue weighted by molar-refractivity contribution is -0.137. The highest BCUT2D eigenvalue weighted by atomic mass is 16.5. The van der Waals surface area contributed by atoms with Crippen LogP contribution in [-0.2, 0) is 14.3 Å². The van der Waals surface area contributed by atoms with Gasteiger partial charge in [0.2, 0.25) is 5.91 Å². The van der Waals surface area contributed by atoms with Gasteiger partial charge in [-0.2, -0.15) is 0 Å². The Bertz CT molecular complexity index is 976. The van der Waals surface area contributed by atoms with Gasteiger partial charge in [-0.25, -0.2) is 4.79 Å². The summed E-state index contributed by atoms with van der Waals surface area (Å²) in [5.41, 5.74) is 4.66. The van der Waals surface area contributed by atoms with Crippen molar-refractivity contribution in [2.24, 2.45) is 5.92 Å². The number of fused-ring (bicyclic) bond motifs is 3. The topological polar surface area (TPSA) is 105 Å². The Balaban J connectivity index is 1.47. The van der Waals surface area contributed by atoms with E-state index in [-0.39, 0.29) is 43.2 Å². The minimum absolute atomic E-state index is 0.0100. The van der Waals surface area contributed by atoms with E-state index in [1.807, 2.05) is 38.1 Å². The first-order valence-corrected chi connectivity index (χ1v) is 12.5. The Morgan fingerprint density at radius 2 is 1.60 bits per heavy atom. The number of carbonyl (C=O) groups is 3. The number of amides is 2. The van der Waals surface area contributed by atoms with E-state index in [2.05, 4.69) is 34.9 Å². The van der Waals surface area contributed by atoms with Crippen molar-refractivity contribution in [3.63, 3.8) is 0 Å². The van der Waals surface area contributed by atoms with Crippen molar-refractivity contribution in [2.75, 3.05) is 13.2 Å². The standard InChI is InChI=1S/C28H36N2O5/c1-3-8-20(17-26(31)29-16-15-19(2)13-14-27(32)33)30-28(34)35-18-25-23-11-6-4-9-21(23)22-10-5-7-12-24(22)25/h4-7,9-12,19-20,25H,3,8,13-18H2,1-2H3,(H,29,31)(H,30,34)(H,32,33)/t19?,20-/m0/s1. The Morgan fingerprint density at radius 3 is 2.20 bits per heavy atom. The monoisotopic (exact) mass is 480 g/mol. The summed E-state index contributed by atoms with van der Waals surface area (Å²) in [6.45, 7) is 4.71. The van der Waals surface area contributed by atoms with Crippen LogP contribution in [0.3, 0.4) is 0 Å². The number of carboxylic acids is 1. The molecule has 0 aromatic heterocycles. The molecule has 7 heteroatoms. The summed E-state index contributed by atoms with van der Waals surface area (Å²) in [4.78, 5) is 35.7. The van der Waals surface area contributed by atoms with Crippen LogP contribution in [0.15, 0.2) is 48.5 Å². The van der Waals surface area contributed by atoms with Crippen molar-refractivity contribution in [3.8, 4) is 11.1 Å². The molecule has 1 aliphatic carbocycles. The highest BCUT2D eigenvalue weighted by Gasteiger charge is 2.29. The van der Waals surface area contributed by atoms with E-state index in [9.17, 15) is 14.4 Å². The molecule has 188 valence electrons. The van der Waals surface area contributed by atoms with Gasteiger partial charge in [-0.1, -0.05) is 68.8 Å². The molecular formula is C28H36N2O5. The van der Waals surface area contributed by atoms with Crippen LogP contribution in [0.25, 0.3) is 11.1 Å². The highest BCUT2D eigenvalue weighted by Crippen LogP contribution is 2.44. The van der Waals surface area contributed by atoms with Crippen LogP contribution in [0.2, 0.25) is 0 Å². The largest absolute Gasteiger partial charge is 0.481 e. The molecule has 2 aromatic rings. The molecule has 7 nitrogen and oxygen atoms in total. The lowest BCUT2D eigenvalue weighted by atomic mass is 9.98. The predicted molar refractivity (Wildman–Crippen MR) is 135 cm³/mol. The molecule has 1 unspecified atom stereocenters. The van der Waals surface area contributed by atoms with Gasteiger partial charge in [0.15, 0.2) is 0 Å². The van der Waals surface area contributed by atoms with Crippen LogP contribution in [0.4, 0.5) is 4.79 Å². The van der Waals surface area contributed by atoms with Crippen molar-refractivity contribution in [2.45, 2.75) is 64.3 Å². The van der Waals surface area contributed by atoms with E-state index in [0.717, 1.165) is 24.0 Å². The molecule has 0 aliphatic heterocycles. The summed E-state index contributed by atoms with van der Waals surface area (Å²) in [6, 6.07) is 16.1. The second-order valence-electron chi connectivity index (χ2n) is 9.34. The molecule has 0 fully saturated rings. The Morgan fingerprint density at radius 1 is 0.971 bits per heavy atom. The lowest BCUT2D eigenvalue weighted by Gasteiger charge is -2.20. The Kier molecular flexibility index (Phi) is 9.70. The number of benzene rings is 2. The molecule has 0 bridgehead atoms. The van der Waals surface area contributed by atoms with Crippen LogP contribution in [-0.4, -0.2) is 42.3 Å². The van der Waals surface area contributed by atoms with E-state index >= 15 is 0 Å². The number of ether oxygens (including phenoxy) is 1. The van der Waals surface area contributed by atoms with E-state index in [0.29, 0.717) is 19.4 Å². The smallest absolute Gasteiger partial charge is 0.407 e. The summed E-state index contributed by atoms with van der Waals surface area (Å²) >= 11 is 0. The van der Waals surface area contributed by atoms with Gasteiger partial charge in [0.25, 0.3) is 0 Å². The first kappa shape index (κ1) is 26.3. The molecule has 3 N–H and O–H groups in total. The van der Waals surface area contributed by atoms with Crippen LogP contribution in [0.5, 0.6) is 0 Å². The molecule has 35 heavy (non-hydrogen) atoms. The van der Waals surface area contributed by atoms with Crippen molar-refractivity contribution in [1.82, 2.24) is 10.6 Å². The van der Waals surface area contributed by atoms with Crippen molar-refractivity contribution in [3.05, 3.63) is 59.7 Å². The van der Waals surface area contributed by atoms with Gasteiger partial charge < -0.3 is 20.5 Å². The molecule has 0 radical (unpaired) electrons. The molecule has 0 heterocycles. The normalized spacial score (nSPS) is 13.9. The van der Waals surface area contributed by atoms with Gasteiger partial charge in [0.1, 0.15) is 6.61 Å². The van der Waals surface area contributed by atoms with Gasteiger partial charge in [-0.05, 0) is 47.4 Å². The third kappa shape index (κ3) is 7.57. The van der Waals surface area contributed by atoms with Crippen LogP contribution < -0.4 is 10.6 Å². The van der Waals surface area contributed by atoms with E-state index in [1.54, 1.807) is 0 Å². The number of carboxylic acid groups (broad SMARTS) is 1. The van der Waals surface area contributed by atoms with Crippen molar-refractivity contribution < 1.29 is 24.2 Å². The molecule has 0 spiro atoms. The molecule has 3 rings (SSSR count). The van der Waals surface area contributed by atoms with Gasteiger partial charge in [0, 0.05) is 31.3 Å². The maximum absolute atomic E-state index is 12.6. The fourth-order valence-corrected chi connectivity index (χ4v) is 4.65. The van der Waals surface area contributed by atoms with Crippen LogP contribution >= 0.6 is 0 Å². The third-order valence-electron chi connectivity index (χ3n) is 6.54. The molecule has 2 amide bonds. The van der Waals surface area contributed by atoms with Gasteiger partial charge in [-0.3, -0.25) is 9.59 Å². The molecular weight excluding hydrogens is 444 g/mol. The second-order valence-corrected chi connectivity index (χ2v) is 9.34. The molecule has 1 aliphatic rings. The summed E-state index contributed by atoms with van der Waals surface area (Å²) in [7, 11) is 0. The maximum Gasteiger partial charge on any atom is 0.407 e. The Hall–Kier alpha value is -3.35. The highest BCUT2D eigenvalue weighted by molar-refractivity contribution is 5.79. The van der Waals surface area contributed by atoms with E-state index in [1.165, 1.54) is 11.1 Å². The number of carbonyl (C=O) groups excluding carboxylic acids is 2. The fourth-order valence-electron chi connectivity index (χ4n) is 4.65. The zero-order chi connectivity index (χ0) is 25.2. The summed E-state index contributed by atoms with van der Waals surface area (Å²) < 4.78 is 5.63. The number of hydrogen-bond donors (Lipinski definition) is 3. The SMILES string of the molecule is CCC[C@@H](CC(=O)NCCC(C)CCC(=O)O)NC(=O)OCC1c2ccccc2-c2ccccc21. The van der Waals surface area contributed by atoms with Crippen LogP contribution in [0, 0.1) is 5.92 Å².